The standard InChI is InChI=1S/C23H25FN6O3S/c1-29-6-4-17-20(11-29)34-23(28-17)22(33)27-19-10-30(12-31)7-5-16(19)26-21(32)18-9-13-8-14(24)2-3-15(13)25-18/h2-3,8-9,12,16,19,25H,4-7,10-11H2,1H3,(H,26,32)(H,27,33)/t16-,19-/m0/s1. The monoisotopic (exact) mass is 484 g/mol. The second kappa shape index (κ2) is 9.15. The third kappa shape index (κ3) is 4.53. The van der Waals surface area contributed by atoms with Crippen molar-refractivity contribution in [2.45, 2.75) is 31.5 Å². The van der Waals surface area contributed by atoms with Crippen LogP contribution in [0.1, 0.15) is 37.3 Å². The first-order valence-electron chi connectivity index (χ1n) is 11.2. The summed E-state index contributed by atoms with van der Waals surface area (Å²) >= 11 is 1.39. The average molecular weight is 485 g/mol. The fourth-order valence-electron chi connectivity index (χ4n) is 4.51. The predicted octanol–water partition coefficient (Wildman–Crippen LogP) is 1.51. The molecule has 9 nitrogen and oxygen atoms in total. The summed E-state index contributed by atoms with van der Waals surface area (Å²) < 4.78 is 13.5. The van der Waals surface area contributed by atoms with Crippen LogP contribution in [0.15, 0.2) is 24.3 Å². The first-order chi connectivity index (χ1) is 16.4. The van der Waals surface area contributed by atoms with E-state index in [9.17, 15) is 18.8 Å². The van der Waals surface area contributed by atoms with Gasteiger partial charge in [0.2, 0.25) is 6.41 Å². The number of aromatic nitrogens is 2. The summed E-state index contributed by atoms with van der Waals surface area (Å²) in [6.07, 6.45) is 2.05. The number of H-pyrrole nitrogens is 1. The van der Waals surface area contributed by atoms with Crippen molar-refractivity contribution in [1.29, 1.82) is 0 Å². The van der Waals surface area contributed by atoms with Gasteiger partial charge in [-0.3, -0.25) is 14.4 Å². The molecular weight excluding hydrogens is 459 g/mol. The van der Waals surface area contributed by atoms with Crippen molar-refractivity contribution in [2.75, 3.05) is 26.7 Å². The molecule has 34 heavy (non-hydrogen) atoms. The molecule has 0 bridgehead atoms. The summed E-state index contributed by atoms with van der Waals surface area (Å²) in [4.78, 5) is 49.7. The molecule has 1 aromatic carbocycles. The Morgan fingerprint density at radius 3 is 2.85 bits per heavy atom. The zero-order chi connectivity index (χ0) is 23.8. The Labute approximate surface area is 199 Å². The third-order valence-corrected chi connectivity index (χ3v) is 7.45. The zero-order valence-corrected chi connectivity index (χ0v) is 19.5. The number of carbonyl (C=O) groups is 3. The molecule has 5 rings (SSSR count). The van der Waals surface area contributed by atoms with E-state index in [0.29, 0.717) is 34.6 Å². The SMILES string of the molecule is CN1CCc2nc(C(=O)N[C@H]3CN(C=O)CC[C@@H]3NC(=O)c3cc4cc(F)ccc4[nH]3)sc2C1. The normalized spacial score (nSPS) is 20.7. The molecule has 178 valence electrons. The van der Waals surface area contributed by atoms with E-state index in [0.717, 1.165) is 36.5 Å². The Balaban J connectivity index is 1.31. The highest BCUT2D eigenvalue weighted by Gasteiger charge is 2.33. The largest absolute Gasteiger partial charge is 0.351 e. The minimum absolute atomic E-state index is 0.284. The lowest BCUT2D eigenvalue weighted by molar-refractivity contribution is -0.119. The van der Waals surface area contributed by atoms with E-state index in [-0.39, 0.29) is 30.2 Å². The zero-order valence-electron chi connectivity index (χ0n) is 18.6. The van der Waals surface area contributed by atoms with Crippen LogP contribution in [0.4, 0.5) is 4.39 Å². The second-order valence-electron chi connectivity index (χ2n) is 8.84. The maximum Gasteiger partial charge on any atom is 0.280 e. The molecule has 4 heterocycles. The minimum Gasteiger partial charge on any atom is -0.351 e. The lowest BCUT2D eigenvalue weighted by Crippen LogP contribution is -2.60. The molecule has 0 radical (unpaired) electrons. The quantitative estimate of drug-likeness (QED) is 0.476. The lowest BCUT2D eigenvalue weighted by atomic mass is 9.99. The topological polar surface area (TPSA) is 110 Å². The third-order valence-electron chi connectivity index (χ3n) is 6.37. The molecule has 1 fully saturated rings. The Morgan fingerprint density at radius 1 is 1.21 bits per heavy atom. The molecule has 0 spiro atoms. The number of rotatable bonds is 5. The van der Waals surface area contributed by atoms with E-state index >= 15 is 0 Å². The fraction of sp³-hybridized carbons (Fsp3) is 0.391. The van der Waals surface area contributed by atoms with E-state index in [1.807, 2.05) is 7.05 Å². The Kier molecular flexibility index (Phi) is 6.05. The van der Waals surface area contributed by atoms with Gasteiger partial charge in [0.1, 0.15) is 11.5 Å². The molecule has 3 amide bonds. The molecule has 3 N–H and O–H groups in total. The number of likely N-dealkylation sites (tertiary alicyclic amines) is 1. The van der Waals surface area contributed by atoms with Crippen LogP contribution in [0.2, 0.25) is 0 Å². The van der Waals surface area contributed by atoms with E-state index < -0.39 is 6.04 Å². The van der Waals surface area contributed by atoms with Gasteiger partial charge in [0.25, 0.3) is 11.8 Å². The summed E-state index contributed by atoms with van der Waals surface area (Å²) in [5, 5.41) is 6.95. The van der Waals surface area contributed by atoms with Crippen LogP contribution in [-0.4, -0.2) is 76.8 Å². The van der Waals surface area contributed by atoms with Crippen LogP contribution in [0.25, 0.3) is 10.9 Å². The molecule has 1 saturated heterocycles. The molecule has 0 aliphatic carbocycles. The molecule has 0 saturated carbocycles. The number of hydrogen-bond donors (Lipinski definition) is 3. The van der Waals surface area contributed by atoms with E-state index in [2.05, 4.69) is 25.5 Å². The van der Waals surface area contributed by atoms with Crippen molar-refractivity contribution < 1.29 is 18.8 Å². The van der Waals surface area contributed by atoms with Crippen LogP contribution >= 0.6 is 11.3 Å². The number of carbonyl (C=O) groups excluding carboxylic acids is 3. The molecule has 2 aliphatic heterocycles. The average Bonchev–Trinajstić information content (AvgIpc) is 3.43. The van der Waals surface area contributed by atoms with Crippen molar-refractivity contribution >= 4 is 40.5 Å². The number of likely N-dealkylation sites (N-methyl/N-ethyl adjacent to an activating group) is 1. The van der Waals surface area contributed by atoms with E-state index in [4.69, 9.17) is 0 Å². The first kappa shape index (κ1) is 22.5. The van der Waals surface area contributed by atoms with E-state index in [1.165, 1.54) is 23.5 Å². The summed E-state index contributed by atoms with van der Waals surface area (Å²) in [5.41, 5.74) is 1.93. The number of piperidine rings is 1. The number of aromatic amines is 1. The van der Waals surface area contributed by atoms with Gasteiger partial charge >= 0.3 is 0 Å². The highest BCUT2D eigenvalue weighted by molar-refractivity contribution is 7.13. The van der Waals surface area contributed by atoms with Gasteiger partial charge in [-0.2, -0.15) is 0 Å². The Hall–Kier alpha value is -3.31. The molecule has 2 aromatic heterocycles. The number of nitrogens with zero attached hydrogens (tertiary/aromatic N) is 3. The number of amides is 3. The van der Waals surface area contributed by atoms with Crippen LogP contribution < -0.4 is 10.6 Å². The smallest absolute Gasteiger partial charge is 0.280 e. The maximum atomic E-state index is 13.5. The number of halogens is 1. The summed E-state index contributed by atoms with van der Waals surface area (Å²) in [5.74, 6) is -1.04. The summed E-state index contributed by atoms with van der Waals surface area (Å²) in [7, 11) is 2.04. The molecule has 2 atom stereocenters. The predicted molar refractivity (Wildman–Crippen MR) is 125 cm³/mol. The van der Waals surface area contributed by atoms with Crippen LogP contribution in [0, 0.1) is 5.82 Å². The number of benzene rings is 1. The highest BCUT2D eigenvalue weighted by Crippen LogP contribution is 2.25. The number of fused-ring (bicyclic) bond motifs is 2. The Bertz CT molecular complexity index is 1260. The van der Waals surface area contributed by atoms with Gasteiger partial charge in [0.15, 0.2) is 5.01 Å². The van der Waals surface area contributed by atoms with Gasteiger partial charge in [-0.15, -0.1) is 11.3 Å². The van der Waals surface area contributed by atoms with Crippen molar-refractivity contribution in [1.82, 2.24) is 30.4 Å². The van der Waals surface area contributed by atoms with Gasteiger partial charge in [-0.25, -0.2) is 9.37 Å². The molecule has 3 aromatic rings. The van der Waals surface area contributed by atoms with Gasteiger partial charge in [0, 0.05) is 48.4 Å². The van der Waals surface area contributed by atoms with Crippen molar-refractivity contribution in [3.8, 4) is 0 Å². The van der Waals surface area contributed by atoms with Crippen molar-refractivity contribution in [2.24, 2.45) is 0 Å². The maximum absolute atomic E-state index is 13.5. The fourth-order valence-corrected chi connectivity index (χ4v) is 5.61. The lowest BCUT2D eigenvalue weighted by Gasteiger charge is -2.37. The van der Waals surface area contributed by atoms with E-state index in [1.54, 1.807) is 17.0 Å². The number of hydrogen-bond acceptors (Lipinski definition) is 6. The van der Waals surface area contributed by atoms with Crippen LogP contribution in [-0.2, 0) is 17.8 Å². The second-order valence-corrected chi connectivity index (χ2v) is 9.92. The molecular formula is C23H25FN6O3S. The van der Waals surface area contributed by atoms with Gasteiger partial charge in [-0.1, -0.05) is 0 Å². The van der Waals surface area contributed by atoms with Gasteiger partial charge in [0.05, 0.1) is 17.8 Å². The van der Waals surface area contributed by atoms with Gasteiger partial charge < -0.3 is 25.4 Å². The molecule has 11 heteroatoms. The molecule has 2 aliphatic rings. The van der Waals surface area contributed by atoms with Crippen molar-refractivity contribution in [3.05, 3.63) is 51.4 Å². The number of thiazole rings is 1. The van der Waals surface area contributed by atoms with Crippen LogP contribution in [0.5, 0.6) is 0 Å². The Morgan fingerprint density at radius 2 is 2.03 bits per heavy atom. The summed E-state index contributed by atoms with van der Waals surface area (Å²) in [6, 6.07) is 5.02. The van der Waals surface area contributed by atoms with Crippen molar-refractivity contribution in [3.63, 3.8) is 0 Å². The first-order valence-corrected chi connectivity index (χ1v) is 12.0. The van der Waals surface area contributed by atoms with Gasteiger partial charge in [-0.05, 0) is 37.7 Å². The minimum atomic E-state index is -0.471. The summed E-state index contributed by atoms with van der Waals surface area (Å²) in [6.45, 7) is 2.43. The van der Waals surface area contributed by atoms with Crippen LogP contribution in [0.3, 0.4) is 0 Å². The highest BCUT2D eigenvalue weighted by atomic mass is 32.1. The molecule has 0 unspecified atom stereocenters. The number of nitrogens with one attached hydrogen (secondary N) is 3.